The highest BCUT2D eigenvalue weighted by Crippen LogP contribution is 2.13. The molecule has 0 heterocycles. The molecular formula is C20H37FO. The molecule has 22 heavy (non-hydrogen) atoms. The average Bonchev–Trinajstić information content (AvgIpc) is 2.54. The van der Waals surface area contributed by atoms with Gasteiger partial charge in [-0.1, -0.05) is 96.8 Å². The molecule has 0 aromatic carbocycles. The number of hydrogen-bond acceptors (Lipinski definition) is 1. The number of hydrogen-bond donors (Lipinski definition) is 0. The van der Waals surface area contributed by atoms with Crippen molar-refractivity contribution in [1.82, 2.24) is 0 Å². The van der Waals surface area contributed by atoms with Crippen LogP contribution >= 0.6 is 0 Å². The molecule has 0 aromatic rings. The molecule has 0 amide bonds. The van der Waals surface area contributed by atoms with Crippen molar-refractivity contribution in [1.29, 1.82) is 0 Å². The van der Waals surface area contributed by atoms with E-state index in [1.807, 2.05) is 0 Å². The first-order valence-electron chi connectivity index (χ1n) is 9.62. The van der Waals surface area contributed by atoms with Crippen molar-refractivity contribution in [2.24, 2.45) is 0 Å². The summed E-state index contributed by atoms with van der Waals surface area (Å²) >= 11 is 0. The predicted molar refractivity (Wildman–Crippen MR) is 94.8 cm³/mol. The van der Waals surface area contributed by atoms with E-state index in [0.29, 0.717) is 6.42 Å². The maximum Gasteiger partial charge on any atom is 0.178 e. The molecular weight excluding hydrogens is 275 g/mol. The van der Waals surface area contributed by atoms with Crippen molar-refractivity contribution in [3.05, 3.63) is 11.9 Å². The predicted octanol–water partition coefficient (Wildman–Crippen LogP) is 7.30. The number of rotatable bonds is 17. The van der Waals surface area contributed by atoms with Crippen molar-refractivity contribution in [3.63, 3.8) is 0 Å². The Morgan fingerprint density at radius 1 is 0.682 bits per heavy atom. The minimum Gasteiger partial charge on any atom is -0.295 e. The van der Waals surface area contributed by atoms with Crippen molar-refractivity contribution in [2.75, 3.05) is 0 Å². The van der Waals surface area contributed by atoms with Crippen molar-refractivity contribution >= 4 is 6.29 Å². The Morgan fingerprint density at radius 2 is 1.05 bits per heavy atom. The molecule has 0 N–H and O–H groups in total. The molecule has 1 nitrogen and oxygen atoms in total. The van der Waals surface area contributed by atoms with E-state index in [0.717, 1.165) is 12.8 Å². The van der Waals surface area contributed by atoms with Crippen LogP contribution in [0, 0.1) is 0 Å². The summed E-state index contributed by atoms with van der Waals surface area (Å²) in [6.45, 7) is 2.27. The highest BCUT2D eigenvalue weighted by Gasteiger charge is 1.94. The van der Waals surface area contributed by atoms with E-state index >= 15 is 0 Å². The molecule has 0 saturated carbocycles. The molecule has 0 aliphatic carbocycles. The minimum atomic E-state index is -0.620. The number of halogens is 1. The molecule has 0 saturated heterocycles. The van der Waals surface area contributed by atoms with Crippen LogP contribution in [0.5, 0.6) is 0 Å². The molecule has 0 fully saturated rings. The second-order valence-corrected chi connectivity index (χ2v) is 6.45. The Kier molecular flexibility index (Phi) is 17.8. The third-order valence-electron chi connectivity index (χ3n) is 4.26. The van der Waals surface area contributed by atoms with Crippen LogP contribution in [0.25, 0.3) is 0 Å². The zero-order valence-corrected chi connectivity index (χ0v) is 14.8. The van der Waals surface area contributed by atoms with Gasteiger partial charge in [-0.25, -0.2) is 4.39 Å². The first kappa shape index (κ1) is 21.3. The van der Waals surface area contributed by atoms with Gasteiger partial charge in [-0.15, -0.1) is 0 Å². The van der Waals surface area contributed by atoms with Crippen LogP contribution < -0.4 is 0 Å². The Labute approximate surface area is 137 Å². The van der Waals surface area contributed by atoms with Gasteiger partial charge in [0.1, 0.15) is 0 Å². The van der Waals surface area contributed by atoms with Crippen LogP contribution in [0.15, 0.2) is 11.9 Å². The topological polar surface area (TPSA) is 17.1 Å². The van der Waals surface area contributed by atoms with Gasteiger partial charge in [0.25, 0.3) is 0 Å². The van der Waals surface area contributed by atoms with Gasteiger partial charge in [-0.2, -0.15) is 0 Å². The smallest absolute Gasteiger partial charge is 0.178 e. The Hall–Kier alpha value is -0.660. The van der Waals surface area contributed by atoms with Gasteiger partial charge in [-0.05, 0) is 18.9 Å². The normalized spacial score (nSPS) is 11.8. The van der Waals surface area contributed by atoms with E-state index in [1.54, 1.807) is 0 Å². The molecule has 0 unspecified atom stereocenters. The summed E-state index contributed by atoms with van der Waals surface area (Å²) in [6.07, 6.45) is 22.5. The average molecular weight is 313 g/mol. The largest absolute Gasteiger partial charge is 0.295 e. The molecule has 0 aromatic heterocycles. The van der Waals surface area contributed by atoms with Gasteiger partial charge in [-0.3, -0.25) is 4.79 Å². The van der Waals surface area contributed by atoms with E-state index in [2.05, 4.69) is 6.92 Å². The van der Waals surface area contributed by atoms with E-state index in [-0.39, 0.29) is 6.29 Å². The molecule has 2 heteroatoms. The van der Waals surface area contributed by atoms with Crippen LogP contribution in [0.1, 0.15) is 110 Å². The fraction of sp³-hybridized carbons (Fsp3) is 0.850. The van der Waals surface area contributed by atoms with Crippen molar-refractivity contribution in [3.8, 4) is 0 Å². The van der Waals surface area contributed by atoms with Crippen molar-refractivity contribution < 1.29 is 9.18 Å². The fourth-order valence-corrected chi connectivity index (χ4v) is 2.80. The number of carbonyl (C=O) groups is 1. The first-order chi connectivity index (χ1) is 10.8. The summed E-state index contributed by atoms with van der Waals surface area (Å²) in [6, 6.07) is 0. The molecule has 0 aliphatic rings. The summed E-state index contributed by atoms with van der Waals surface area (Å²) in [5.41, 5.74) is 0. The quantitative estimate of drug-likeness (QED) is 0.156. The molecule has 0 aliphatic heterocycles. The molecule has 0 spiro atoms. The van der Waals surface area contributed by atoms with Crippen LogP contribution in [-0.2, 0) is 4.79 Å². The lowest BCUT2D eigenvalue weighted by Gasteiger charge is -2.03. The second-order valence-electron chi connectivity index (χ2n) is 6.45. The monoisotopic (exact) mass is 312 g/mol. The summed E-state index contributed by atoms with van der Waals surface area (Å²) in [4.78, 5) is 10.1. The summed E-state index contributed by atoms with van der Waals surface area (Å²) in [5, 5.41) is 0. The van der Waals surface area contributed by atoms with Crippen LogP contribution in [-0.4, -0.2) is 6.29 Å². The SMILES string of the molecule is CCCCCCCCCCCCCCCCC/C=C(\F)C=O. The number of allylic oxidation sites excluding steroid dienone is 2. The van der Waals surface area contributed by atoms with Crippen LogP contribution in [0.3, 0.4) is 0 Å². The highest BCUT2D eigenvalue weighted by molar-refractivity contribution is 5.69. The highest BCUT2D eigenvalue weighted by atomic mass is 19.1. The maximum atomic E-state index is 12.5. The molecule has 0 atom stereocenters. The van der Waals surface area contributed by atoms with E-state index in [4.69, 9.17) is 0 Å². The second kappa shape index (κ2) is 18.4. The Bertz CT molecular complexity index is 260. The zero-order chi connectivity index (χ0) is 16.3. The van der Waals surface area contributed by atoms with Crippen LogP contribution in [0.2, 0.25) is 0 Å². The number of aldehydes is 1. The lowest BCUT2D eigenvalue weighted by Crippen LogP contribution is -1.83. The summed E-state index contributed by atoms with van der Waals surface area (Å²) in [5.74, 6) is -0.620. The lowest BCUT2D eigenvalue weighted by molar-refractivity contribution is -0.106. The van der Waals surface area contributed by atoms with Gasteiger partial charge in [0.15, 0.2) is 12.1 Å². The summed E-state index contributed by atoms with van der Waals surface area (Å²) in [7, 11) is 0. The van der Waals surface area contributed by atoms with Crippen LogP contribution in [0.4, 0.5) is 4.39 Å². The van der Waals surface area contributed by atoms with Gasteiger partial charge in [0.05, 0.1) is 0 Å². The molecule has 0 bridgehead atoms. The lowest BCUT2D eigenvalue weighted by atomic mass is 10.0. The summed E-state index contributed by atoms with van der Waals surface area (Å²) < 4.78 is 12.5. The Balaban J connectivity index is 3.04. The maximum absolute atomic E-state index is 12.5. The third-order valence-corrected chi connectivity index (χ3v) is 4.26. The zero-order valence-electron chi connectivity index (χ0n) is 14.8. The molecule has 0 rings (SSSR count). The van der Waals surface area contributed by atoms with Gasteiger partial charge < -0.3 is 0 Å². The number of unbranched alkanes of at least 4 members (excludes halogenated alkanes) is 15. The fourth-order valence-electron chi connectivity index (χ4n) is 2.80. The molecule has 130 valence electrons. The standard InChI is InChI=1S/C20H37FO/c1-2-3-4-5-6-7-8-9-10-11-12-13-14-15-16-17-18-20(21)19-22/h18-19H,2-17H2,1H3/b20-18-. The third kappa shape index (κ3) is 17.4. The van der Waals surface area contributed by atoms with E-state index in [1.165, 1.54) is 89.5 Å². The van der Waals surface area contributed by atoms with E-state index in [9.17, 15) is 9.18 Å². The van der Waals surface area contributed by atoms with Gasteiger partial charge >= 0.3 is 0 Å². The van der Waals surface area contributed by atoms with Crippen molar-refractivity contribution in [2.45, 2.75) is 110 Å². The van der Waals surface area contributed by atoms with E-state index < -0.39 is 5.83 Å². The van der Waals surface area contributed by atoms with Gasteiger partial charge in [0, 0.05) is 0 Å². The number of carbonyl (C=O) groups excluding carboxylic acids is 1. The van der Waals surface area contributed by atoms with Gasteiger partial charge in [0.2, 0.25) is 0 Å². The minimum absolute atomic E-state index is 0.283. The molecule has 0 radical (unpaired) electrons. The Morgan fingerprint density at radius 3 is 1.41 bits per heavy atom. The first-order valence-corrected chi connectivity index (χ1v) is 9.62.